The molecule has 0 saturated carbocycles. The molecule has 2 rings (SSSR count). The van der Waals surface area contributed by atoms with Crippen LogP contribution >= 0.6 is 0 Å². The minimum Gasteiger partial charge on any atom is -0.494 e. The Labute approximate surface area is 128 Å². The van der Waals surface area contributed by atoms with Gasteiger partial charge in [-0.2, -0.15) is 0 Å². The van der Waals surface area contributed by atoms with Crippen LogP contribution in [0.5, 0.6) is 5.75 Å². The van der Waals surface area contributed by atoms with Crippen molar-refractivity contribution in [3.05, 3.63) is 24.3 Å². The maximum atomic E-state index is 12.2. The summed E-state index contributed by atoms with van der Waals surface area (Å²) >= 11 is 0. The third-order valence-electron chi connectivity index (χ3n) is 3.24. The number of hydrogen-bond donors (Lipinski definition) is 2. The standard InChI is InChI=1S/C15H19N3O4/c1-2-7-22-11-5-3-10(4-6-11)18-14(20)8-12(15(18)21)17-9-13(16)19/h3-6,12,17H,2,7-9H2,1H3,(H2,16,19)/t12-/m0/s1. The van der Waals surface area contributed by atoms with Crippen LogP contribution in [0.1, 0.15) is 19.8 Å². The molecule has 7 heteroatoms. The molecule has 0 bridgehead atoms. The first kappa shape index (κ1) is 16.0. The van der Waals surface area contributed by atoms with Crippen LogP contribution in [-0.4, -0.2) is 36.9 Å². The first-order valence-corrected chi connectivity index (χ1v) is 7.14. The smallest absolute Gasteiger partial charge is 0.251 e. The van der Waals surface area contributed by atoms with Crippen molar-refractivity contribution in [2.45, 2.75) is 25.8 Å². The Hall–Kier alpha value is -2.41. The second-order valence-corrected chi connectivity index (χ2v) is 5.01. The molecule has 1 aliphatic rings. The zero-order valence-corrected chi connectivity index (χ0v) is 12.4. The summed E-state index contributed by atoms with van der Waals surface area (Å²) in [6.45, 7) is 2.48. The van der Waals surface area contributed by atoms with Gasteiger partial charge in [0.05, 0.1) is 31.3 Å². The molecule has 0 aliphatic carbocycles. The van der Waals surface area contributed by atoms with Gasteiger partial charge < -0.3 is 10.5 Å². The fourth-order valence-corrected chi connectivity index (χ4v) is 2.20. The molecule has 1 atom stereocenters. The second kappa shape index (κ2) is 7.04. The predicted octanol–water partition coefficient (Wildman–Crippen LogP) is 0.182. The summed E-state index contributed by atoms with van der Waals surface area (Å²) in [7, 11) is 0. The lowest BCUT2D eigenvalue weighted by Crippen LogP contribution is -2.42. The van der Waals surface area contributed by atoms with Gasteiger partial charge >= 0.3 is 0 Å². The predicted molar refractivity (Wildman–Crippen MR) is 80.3 cm³/mol. The summed E-state index contributed by atoms with van der Waals surface area (Å²) in [4.78, 5) is 36.1. The lowest BCUT2D eigenvalue weighted by Gasteiger charge is -2.16. The number of ether oxygens (including phenoxy) is 1. The van der Waals surface area contributed by atoms with Crippen LogP contribution in [-0.2, 0) is 14.4 Å². The van der Waals surface area contributed by atoms with E-state index in [0.29, 0.717) is 18.0 Å². The molecule has 3 amide bonds. The van der Waals surface area contributed by atoms with Crippen molar-refractivity contribution in [1.29, 1.82) is 0 Å². The zero-order valence-electron chi connectivity index (χ0n) is 12.4. The number of primary amides is 1. The number of anilines is 1. The molecule has 1 aromatic rings. The van der Waals surface area contributed by atoms with E-state index in [1.54, 1.807) is 24.3 Å². The van der Waals surface area contributed by atoms with E-state index in [2.05, 4.69) is 5.32 Å². The molecule has 0 unspecified atom stereocenters. The molecule has 3 N–H and O–H groups in total. The molecule has 0 radical (unpaired) electrons. The number of rotatable bonds is 7. The number of benzene rings is 1. The molecule has 22 heavy (non-hydrogen) atoms. The number of nitrogens with two attached hydrogens (primary N) is 1. The normalized spacial score (nSPS) is 17.9. The van der Waals surface area contributed by atoms with Crippen molar-refractivity contribution in [3.63, 3.8) is 0 Å². The van der Waals surface area contributed by atoms with Gasteiger partial charge in [-0.25, -0.2) is 4.90 Å². The number of hydrogen-bond acceptors (Lipinski definition) is 5. The molecular formula is C15H19N3O4. The lowest BCUT2D eigenvalue weighted by molar-refractivity contribution is -0.121. The number of amides is 3. The monoisotopic (exact) mass is 305 g/mol. The van der Waals surface area contributed by atoms with Crippen LogP contribution in [0.3, 0.4) is 0 Å². The molecule has 1 aliphatic heterocycles. The van der Waals surface area contributed by atoms with Crippen LogP contribution in [0.15, 0.2) is 24.3 Å². The van der Waals surface area contributed by atoms with Gasteiger partial charge in [-0.05, 0) is 30.7 Å². The average Bonchev–Trinajstić information content (AvgIpc) is 2.78. The first-order valence-electron chi connectivity index (χ1n) is 7.14. The summed E-state index contributed by atoms with van der Waals surface area (Å²) in [5, 5.41) is 2.69. The lowest BCUT2D eigenvalue weighted by atomic mass is 10.2. The largest absolute Gasteiger partial charge is 0.494 e. The highest BCUT2D eigenvalue weighted by molar-refractivity contribution is 6.22. The number of nitrogens with zero attached hydrogens (tertiary/aromatic N) is 1. The summed E-state index contributed by atoms with van der Waals surface area (Å²) in [6.07, 6.45) is 0.915. The quantitative estimate of drug-likeness (QED) is 0.700. The second-order valence-electron chi connectivity index (χ2n) is 5.01. The highest BCUT2D eigenvalue weighted by Crippen LogP contribution is 2.25. The van der Waals surface area contributed by atoms with Gasteiger partial charge in [0.25, 0.3) is 5.91 Å². The van der Waals surface area contributed by atoms with Gasteiger partial charge in [-0.15, -0.1) is 0 Å². The van der Waals surface area contributed by atoms with Crippen molar-refractivity contribution in [2.24, 2.45) is 5.73 Å². The maximum Gasteiger partial charge on any atom is 0.251 e. The Morgan fingerprint density at radius 2 is 2.05 bits per heavy atom. The first-order chi connectivity index (χ1) is 10.5. The Bertz CT molecular complexity index is 571. The van der Waals surface area contributed by atoms with Crippen LogP contribution < -0.4 is 20.7 Å². The average molecular weight is 305 g/mol. The van der Waals surface area contributed by atoms with Crippen molar-refractivity contribution in [3.8, 4) is 5.75 Å². The van der Waals surface area contributed by atoms with E-state index in [0.717, 1.165) is 11.3 Å². The zero-order chi connectivity index (χ0) is 16.1. The topological polar surface area (TPSA) is 102 Å². The Morgan fingerprint density at radius 1 is 1.36 bits per heavy atom. The molecular weight excluding hydrogens is 286 g/mol. The van der Waals surface area contributed by atoms with Gasteiger partial charge in [0.15, 0.2) is 0 Å². The number of nitrogens with one attached hydrogen (secondary N) is 1. The van der Waals surface area contributed by atoms with Crippen molar-refractivity contribution in [2.75, 3.05) is 18.1 Å². The molecule has 0 aromatic heterocycles. The summed E-state index contributed by atoms with van der Waals surface area (Å²) < 4.78 is 5.46. The van der Waals surface area contributed by atoms with E-state index < -0.39 is 11.9 Å². The summed E-state index contributed by atoms with van der Waals surface area (Å²) in [5.74, 6) is -0.577. The van der Waals surface area contributed by atoms with E-state index in [1.165, 1.54) is 0 Å². The SMILES string of the molecule is CCCOc1ccc(N2C(=O)C[C@H](NCC(N)=O)C2=O)cc1. The Balaban J connectivity index is 2.06. The van der Waals surface area contributed by atoms with Crippen LogP contribution in [0, 0.1) is 0 Å². The molecule has 0 spiro atoms. The highest BCUT2D eigenvalue weighted by atomic mass is 16.5. The Morgan fingerprint density at radius 3 is 2.64 bits per heavy atom. The van der Waals surface area contributed by atoms with Gasteiger partial charge in [-0.3, -0.25) is 19.7 Å². The Kier molecular flexibility index (Phi) is 5.11. The van der Waals surface area contributed by atoms with Crippen molar-refractivity contribution in [1.82, 2.24) is 5.32 Å². The van der Waals surface area contributed by atoms with Crippen molar-refractivity contribution >= 4 is 23.4 Å². The van der Waals surface area contributed by atoms with E-state index in [-0.39, 0.29) is 24.8 Å². The van der Waals surface area contributed by atoms with Gasteiger partial charge in [-0.1, -0.05) is 6.92 Å². The fraction of sp³-hybridized carbons (Fsp3) is 0.400. The fourth-order valence-electron chi connectivity index (χ4n) is 2.20. The molecule has 7 nitrogen and oxygen atoms in total. The molecule has 1 fully saturated rings. The molecule has 1 heterocycles. The summed E-state index contributed by atoms with van der Waals surface area (Å²) in [6, 6.07) is 6.05. The van der Waals surface area contributed by atoms with Crippen molar-refractivity contribution < 1.29 is 19.1 Å². The van der Waals surface area contributed by atoms with E-state index in [1.807, 2.05) is 6.92 Å². The van der Waals surface area contributed by atoms with E-state index in [9.17, 15) is 14.4 Å². The summed E-state index contributed by atoms with van der Waals surface area (Å²) in [5.41, 5.74) is 5.52. The maximum absolute atomic E-state index is 12.2. The van der Waals surface area contributed by atoms with Crippen LogP contribution in [0.25, 0.3) is 0 Å². The highest BCUT2D eigenvalue weighted by Gasteiger charge is 2.39. The molecule has 1 saturated heterocycles. The molecule has 1 aromatic carbocycles. The minimum atomic E-state index is -0.712. The van der Waals surface area contributed by atoms with Gasteiger partial charge in [0.2, 0.25) is 11.8 Å². The number of imide groups is 1. The molecule has 118 valence electrons. The third kappa shape index (κ3) is 3.62. The third-order valence-corrected chi connectivity index (χ3v) is 3.24. The minimum absolute atomic E-state index is 0.0141. The van der Waals surface area contributed by atoms with E-state index in [4.69, 9.17) is 10.5 Å². The van der Waals surface area contributed by atoms with Crippen LogP contribution in [0.2, 0.25) is 0 Å². The van der Waals surface area contributed by atoms with Gasteiger partial charge in [0.1, 0.15) is 5.75 Å². The number of carbonyl (C=O) groups is 3. The van der Waals surface area contributed by atoms with Crippen LogP contribution in [0.4, 0.5) is 5.69 Å². The van der Waals surface area contributed by atoms with Gasteiger partial charge in [0, 0.05) is 0 Å². The van der Waals surface area contributed by atoms with E-state index >= 15 is 0 Å². The number of carbonyl (C=O) groups excluding carboxylic acids is 3.